The zero-order chi connectivity index (χ0) is 12.8. The lowest BCUT2D eigenvalue weighted by Gasteiger charge is -2.28. The van der Waals surface area contributed by atoms with Gasteiger partial charge < -0.3 is 4.90 Å². The minimum absolute atomic E-state index is 0.124. The van der Waals surface area contributed by atoms with Crippen LogP contribution in [0.15, 0.2) is 16.8 Å². The molecule has 1 saturated heterocycles. The average Bonchev–Trinajstić information content (AvgIpc) is 3.33. The van der Waals surface area contributed by atoms with Crippen LogP contribution < -0.4 is 5.32 Å². The number of thiophene rings is 1. The molecule has 19 heavy (non-hydrogen) atoms. The zero-order valence-electron chi connectivity index (χ0n) is 11.0. The lowest BCUT2D eigenvalue weighted by atomic mass is 9.97. The maximum Gasteiger partial charge on any atom is 0.238 e. The Morgan fingerprint density at radius 1 is 1.32 bits per heavy atom. The molecular weight excluding hydrogens is 256 g/mol. The largest absolute Gasteiger partial charge is 0.321 e. The topological polar surface area (TPSA) is 32.3 Å². The first-order chi connectivity index (χ1) is 9.33. The van der Waals surface area contributed by atoms with Crippen LogP contribution in [0.1, 0.15) is 37.4 Å². The molecule has 1 atom stereocenters. The summed E-state index contributed by atoms with van der Waals surface area (Å²) < 4.78 is 0. The summed E-state index contributed by atoms with van der Waals surface area (Å²) in [6.45, 7) is 1.48. The fourth-order valence-electron chi connectivity index (χ4n) is 3.43. The highest BCUT2D eigenvalue weighted by molar-refractivity contribution is 7.07. The molecule has 3 aliphatic rings. The Hall–Kier alpha value is -0.870. The van der Waals surface area contributed by atoms with E-state index in [4.69, 9.17) is 0 Å². The Morgan fingerprint density at radius 2 is 2.05 bits per heavy atom. The molecule has 2 aliphatic carbocycles. The smallest absolute Gasteiger partial charge is 0.238 e. The van der Waals surface area contributed by atoms with E-state index in [1.165, 1.54) is 31.2 Å². The molecule has 1 aromatic heterocycles. The number of carbonyl (C=O) groups is 1. The van der Waals surface area contributed by atoms with Crippen LogP contribution in [0.4, 0.5) is 0 Å². The number of hydrogen-bond acceptors (Lipinski definition) is 3. The van der Waals surface area contributed by atoms with E-state index in [0.717, 1.165) is 24.3 Å². The van der Waals surface area contributed by atoms with Gasteiger partial charge in [-0.25, -0.2) is 0 Å². The Balaban J connectivity index is 1.52. The van der Waals surface area contributed by atoms with Gasteiger partial charge >= 0.3 is 0 Å². The van der Waals surface area contributed by atoms with E-state index in [2.05, 4.69) is 27.0 Å². The van der Waals surface area contributed by atoms with Crippen molar-refractivity contribution in [2.45, 2.75) is 31.8 Å². The molecule has 2 saturated carbocycles. The van der Waals surface area contributed by atoms with Crippen molar-refractivity contribution < 1.29 is 4.79 Å². The van der Waals surface area contributed by atoms with Gasteiger partial charge in [0.05, 0.1) is 6.54 Å². The minimum atomic E-state index is 0.124. The normalized spacial score (nSPS) is 27.5. The fraction of sp³-hybridized carbons (Fsp3) is 0.667. The van der Waals surface area contributed by atoms with Gasteiger partial charge in [-0.05, 0) is 65.8 Å². The first kappa shape index (κ1) is 11.9. The molecule has 2 heterocycles. The van der Waals surface area contributed by atoms with Gasteiger partial charge in [0.25, 0.3) is 0 Å². The van der Waals surface area contributed by atoms with E-state index in [1.807, 2.05) is 0 Å². The lowest BCUT2D eigenvalue weighted by Crippen LogP contribution is -2.36. The third-order valence-electron chi connectivity index (χ3n) is 4.80. The number of nitrogens with zero attached hydrogens (tertiary/aromatic N) is 1. The summed E-state index contributed by atoms with van der Waals surface area (Å²) in [6, 6.07) is 2.14. The van der Waals surface area contributed by atoms with Gasteiger partial charge in [-0.1, -0.05) is 0 Å². The van der Waals surface area contributed by atoms with E-state index >= 15 is 0 Å². The van der Waals surface area contributed by atoms with Crippen molar-refractivity contribution in [2.75, 3.05) is 13.1 Å². The summed E-state index contributed by atoms with van der Waals surface area (Å²) in [5.41, 5.74) is 1.25. The molecule has 3 nitrogen and oxygen atoms in total. The second-order valence-corrected chi connectivity index (χ2v) is 7.00. The highest BCUT2D eigenvalue weighted by atomic mass is 32.1. The van der Waals surface area contributed by atoms with Crippen LogP contribution in [0, 0.1) is 17.8 Å². The summed E-state index contributed by atoms with van der Waals surface area (Å²) >= 11 is 1.71. The van der Waals surface area contributed by atoms with Gasteiger partial charge in [0.1, 0.15) is 6.17 Å². The number of nitrogens with one attached hydrogen (secondary N) is 1. The monoisotopic (exact) mass is 276 g/mol. The van der Waals surface area contributed by atoms with Crippen LogP contribution in [-0.4, -0.2) is 23.9 Å². The molecule has 102 valence electrons. The third kappa shape index (κ3) is 2.32. The molecule has 4 rings (SSSR count). The molecule has 1 aliphatic heterocycles. The summed E-state index contributed by atoms with van der Waals surface area (Å²) in [4.78, 5) is 14.3. The highest BCUT2D eigenvalue weighted by Crippen LogP contribution is 2.50. The van der Waals surface area contributed by atoms with Crippen molar-refractivity contribution in [3.63, 3.8) is 0 Å². The molecule has 1 aromatic rings. The number of amides is 1. The average molecular weight is 276 g/mol. The molecule has 1 N–H and O–H groups in total. The van der Waals surface area contributed by atoms with Gasteiger partial charge in [0.2, 0.25) is 5.91 Å². The van der Waals surface area contributed by atoms with Crippen LogP contribution >= 0.6 is 11.3 Å². The van der Waals surface area contributed by atoms with E-state index in [0.29, 0.717) is 6.54 Å². The maximum absolute atomic E-state index is 12.2. The van der Waals surface area contributed by atoms with E-state index in [-0.39, 0.29) is 12.1 Å². The summed E-state index contributed by atoms with van der Waals surface area (Å²) in [6.07, 6.45) is 5.68. The number of hydrogen-bond donors (Lipinski definition) is 1. The molecule has 0 radical (unpaired) electrons. The third-order valence-corrected chi connectivity index (χ3v) is 5.50. The van der Waals surface area contributed by atoms with Crippen LogP contribution in [0.5, 0.6) is 0 Å². The molecule has 1 unspecified atom stereocenters. The first-order valence-corrected chi connectivity index (χ1v) is 8.32. The van der Waals surface area contributed by atoms with Gasteiger partial charge in [0, 0.05) is 6.54 Å². The molecule has 0 bridgehead atoms. The van der Waals surface area contributed by atoms with Crippen LogP contribution in [0.2, 0.25) is 0 Å². The van der Waals surface area contributed by atoms with Crippen molar-refractivity contribution in [3.05, 3.63) is 22.4 Å². The van der Waals surface area contributed by atoms with Crippen molar-refractivity contribution in [3.8, 4) is 0 Å². The lowest BCUT2D eigenvalue weighted by molar-refractivity contribution is -0.128. The second-order valence-electron chi connectivity index (χ2n) is 6.22. The van der Waals surface area contributed by atoms with Crippen LogP contribution in [0.3, 0.4) is 0 Å². The summed E-state index contributed by atoms with van der Waals surface area (Å²) in [5.74, 6) is 2.86. The molecule has 4 heteroatoms. The predicted octanol–water partition coefficient (Wildman–Crippen LogP) is 2.61. The quantitative estimate of drug-likeness (QED) is 0.896. The van der Waals surface area contributed by atoms with Crippen molar-refractivity contribution >= 4 is 17.2 Å². The standard InChI is InChI=1S/C15H20N2OS/c18-14-7-16-15(12-5-6-19-9-12)17(14)8-13(10-1-2-10)11-3-4-11/h5-6,9-11,13,15-16H,1-4,7-8H2. The second kappa shape index (κ2) is 4.60. The minimum Gasteiger partial charge on any atom is -0.321 e. The number of carbonyl (C=O) groups excluding carboxylic acids is 1. The highest BCUT2D eigenvalue weighted by Gasteiger charge is 2.44. The van der Waals surface area contributed by atoms with E-state index < -0.39 is 0 Å². The number of rotatable bonds is 5. The molecule has 3 fully saturated rings. The molecule has 0 spiro atoms. The zero-order valence-corrected chi connectivity index (χ0v) is 11.9. The van der Waals surface area contributed by atoms with E-state index in [9.17, 15) is 4.79 Å². The van der Waals surface area contributed by atoms with E-state index in [1.54, 1.807) is 11.3 Å². The van der Waals surface area contributed by atoms with Crippen molar-refractivity contribution in [1.29, 1.82) is 0 Å². The van der Waals surface area contributed by atoms with Crippen LogP contribution in [-0.2, 0) is 4.79 Å². The molecular formula is C15H20N2OS. The summed E-state index contributed by atoms with van der Waals surface area (Å²) in [5, 5.41) is 7.62. The Morgan fingerprint density at radius 3 is 2.63 bits per heavy atom. The summed E-state index contributed by atoms with van der Waals surface area (Å²) in [7, 11) is 0. The molecule has 0 aromatic carbocycles. The van der Waals surface area contributed by atoms with Gasteiger partial charge in [-0.15, -0.1) is 0 Å². The predicted molar refractivity (Wildman–Crippen MR) is 75.7 cm³/mol. The molecule has 1 amide bonds. The van der Waals surface area contributed by atoms with Crippen molar-refractivity contribution in [2.24, 2.45) is 17.8 Å². The Kier molecular flexibility index (Phi) is 2.88. The Bertz CT molecular complexity index is 452. The Labute approximate surface area is 118 Å². The van der Waals surface area contributed by atoms with Crippen LogP contribution in [0.25, 0.3) is 0 Å². The fourth-order valence-corrected chi connectivity index (χ4v) is 4.11. The maximum atomic E-state index is 12.2. The SMILES string of the molecule is O=C1CNC(c2ccsc2)N1CC(C1CC1)C1CC1. The van der Waals surface area contributed by atoms with Gasteiger partial charge in [-0.2, -0.15) is 11.3 Å². The van der Waals surface area contributed by atoms with Gasteiger partial charge in [-0.3, -0.25) is 10.1 Å². The van der Waals surface area contributed by atoms with Crippen molar-refractivity contribution in [1.82, 2.24) is 10.2 Å². The van der Waals surface area contributed by atoms with Gasteiger partial charge in [0.15, 0.2) is 0 Å². The first-order valence-electron chi connectivity index (χ1n) is 7.38.